The van der Waals surface area contributed by atoms with E-state index in [1.54, 1.807) is 6.92 Å². The standard InChI is InChI=1S/C10H12N2O3S2/c1-5-8(9(14)15)17-10(11-5)16-4-6-2-3-7(13)12-6/h6H,2-4H2,1H3,(H,12,13)(H,14,15). The van der Waals surface area contributed by atoms with Gasteiger partial charge in [0.1, 0.15) is 4.88 Å². The van der Waals surface area contributed by atoms with Crippen molar-refractivity contribution in [3.05, 3.63) is 10.6 Å². The SMILES string of the molecule is Cc1nc(SCC2CCC(=O)N2)sc1C(=O)O. The lowest BCUT2D eigenvalue weighted by atomic mass is 10.2. The van der Waals surface area contributed by atoms with Gasteiger partial charge in [-0.3, -0.25) is 4.79 Å². The lowest BCUT2D eigenvalue weighted by Gasteiger charge is -2.06. The van der Waals surface area contributed by atoms with Crippen LogP contribution in [0.5, 0.6) is 0 Å². The van der Waals surface area contributed by atoms with E-state index in [9.17, 15) is 9.59 Å². The smallest absolute Gasteiger partial charge is 0.347 e. The summed E-state index contributed by atoms with van der Waals surface area (Å²) in [5, 5.41) is 11.8. The molecule has 7 heteroatoms. The minimum Gasteiger partial charge on any atom is -0.477 e. The van der Waals surface area contributed by atoms with Crippen LogP contribution < -0.4 is 5.32 Å². The van der Waals surface area contributed by atoms with E-state index >= 15 is 0 Å². The lowest BCUT2D eigenvalue weighted by Crippen LogP contribution is -2.27. The van der Waals surface area contributed by atoms with Crippen LogP contribution in [-0.4, -0.2) is 33.8 Å². The average molecular weight is 272 g/mol. The van der Waals surface area contributed by atoms with Crippen molar-refractivity contribution in [1.82, 2.24) is 10.3 Å². The highest BCUT2D eigenvalue weighted by atomic mass is 32.2. The predicted molar refractivity (Wildman–Crippen MR) is 65.7 cm³/mol. The zero-order valence-electron chi connectivity index (χ0n) is 9.23. The molecule has 1 atom stereocenters. The van der Waals surface area contributed by atoms with Crippen molar-refractivity contribution in [2.75, 3.05) is 5.75 Å². The Kier molecular flexibility index (Phi) is 3.68. The van der Waals surface area contributed by atoms with E-state index in [1.165, 1.54) is 23.1 Å². The van der Waals surface area contributed by atoms with E-state index in [-0.39, 0.29) is 11.9 Å². The van der Waals surface area contributed by atoms with Crippen molar-refractivity contribution in [3.8, 4) is 0 Å². The number of carboxylic acids is 1. The molecule has 1 fully saturated rings. The molecule has 1 aromatic heterocycles. The number of thiazole rings is 1. The van der Waals surface area contributed by atoms with E-state index in [2.05, 4.69) is 10.3 Å². The number of aromatic carboxylic acids is 1. The normalized spacial score (nSPS) is 19.4. The first-order valence-electron chi connectivity index (χ1n) is 5.19. The number of hydrogen-bond acceptors (Lipinski definition) is 5. The molecule has 0 spiro atoms. The number of carboxylic acid groups (broad SMARTS) is 1. The number of aromatic nitrogens is 1. The molecule has 92 valence electrons. The molecule has 1 aromatic rings. The predicted octanol–water partition coefficient (Wildman–Crippen LogP) is 1.52. The Morgan fingerprint density at radius 3 is 3.00 bits per heavy atom. The largest absolute Gasteiger partial charge is 0.477 e. The molecule has 2 N–H and O–H groups in total. The highest BCUT2D eigenvalue weighted by molar-refractivity contribution is 8.01. The summed E-state index contributed by atoms with van der Waals surface area (Å²) in [7, 11) is 0. The van der Waals surface area contributed by atoms with Crippen LogP contribution >= 0.6 is 23.1 Å². The van der Waals surface area contributed by atoms with Crippen molar-refractivity contribution >= 4 is 35.0 Å². The highest BCUT2D eigenvalue weighted by Crippen LogP contribution is 2.28. The fourth-order valence-corrected chi connectivity index (χ4v) is 3.73. The summed E-state index contributed by atoms with van der Waals surface area (Å²) in [6.07, 6.45) is 1.43. The number of carbonyl (C=O) groups excluding carboxylic acids is 1. The Morgan fingerprint density at radius 2 is 2.47 bits per heavy atom. The molecule has 1 aliphatic rings. The molecular formula is C10H12N2O3S2. The molecule has 5 nitrogen and oxygen atoms in total. The molecule has 0 radical (unpaired) electrons. The van der Waals surface area contributed by atoms with Crippen molar-refractivity contribution in [2.45, 2.75) is 30.1 Å². The van der Waals surface area contributed by atoms with E-state index < -0.39 is 5.97 Å². The molecule has 0 bridgehead atoms. The first-order valence-corrected chi connectivity index (χ1v) is 6.99. The minimum absolute atomic E-state index is 0.0946. The summed E-state index contributed by atoms with van der Waals surface area (Å²) in [6, 6.07) is 0.185. The first kappa shape index (κ1) is 12.4. The summed E-state index contributed by atoms with van der Waals surface area (Å²) < 4.78 is 0.751. The fraction of sp³-hybridized carbons (Fsp3) is 0.500. The van der Waals surface area contributed by atoms with E-state index in [0.717, 1.165) is 16.5 Å². The Labute approximate surface area is 107 Å². The highest BCUT2D eigenvalue weighted by Gasteiger charge is 2.22. The van der Waals surface area contributed by atoms with Crippen LogP contribution in [0.3, 0.4) is 0 Å². The van der Waals surface area contributed by atoms with Crippen LogP contribution in [0.2, 0.25) is 0 Å². The third-order valence-corrected chi connectivity index (χ3v) is 4.92. The third-order valence-electron chi connectivity index (χ3n) is 2.46. The first-order chi connectivity index (χ1) is 8.06. The van der Waals surface area contributed by atoms with Crippen LogP contribution in [0.15, 0.2) is 4.34 Å². The summed E-state index contributed by atoms with van der Waals surface area (Å²) in [6.45, 7) is 1.70. The molecule has 0 saturated carbocycles. The van der Waals surface area contributed by atoms with Gasteiger partial charge in [0.2, 0.25) is 5.91 Å². The molecule has 1 unspecified atom stereocenters. The Morgan fingerprint density at radius 1 is 1.71 bits per heavy atom. The fourth-order valence-electron chi connectivity index (χ4n) is 1.61. The molecule has 1 amide bonds. The van der Waals surface area contributed by atoms with Crippen molar-refractivity contribution < 1.29 is 14.7 Å². The summed E-state index contributed by atoms with van der Waals surface area (Å²) in [5.74, 6) is -0.0873. The summed E-state index contributed by atoms with van der Waals surface area (Å²) in [4.78, 5) is 26.3. The number of amides is 1. The zero-order valence-corrected chi connectivity index (χ0v) is 10.9. The summed E-state index contributed by atoms with van der Waals surface area (Å²) >= 11 is 2.69. The van der Waals surface area contributed by atoms with Gasteiger partial charge in [0, 0.05) is 18.2 Å². The van der Waals surface area contributed by atoms with Crippen molar-refractivity contribution in [3.63, 3.8) is 0 Å². The number of nitrogens with zero attached hydrogens (tertiary/aromatic N) is 1. The Bertz CT molecular complexity index is 458. The number of aryl methyl sites for hydroxylation is 1. The van der Waals surface area contributed by atoms with Crippen LogP contribution in [0, 0.1) is 6.92 Å². The maximum absolute atomic E-state index is 11.0. The van der Waals surface area contributed by atoms with Gasteiger partial charge in [-0.2, -0.15) is 0 Å². The maximum atomic E-state index is 11.0. The second kappa shape index (κ2) is 5.05. The second-order valence-electron chi connectivity index (χ2n) is 3.81. The van der Waals surface area contributed by atoms with E-state index in [0.29, 0.717) is 17.0 Å². The van der Waals surface area contributed by atoms with Gasteiger partial charge in [0.25, 0.3) is 0 Å². The van der Waals surface area contributed by atoms with E-state index in [1.807, 2.05) is 0 Å². The minimum atomic E-state index is -0.930. The van der Waals surface area contributed by atoms with Gasteiger partial charge < -0.3 is 10.4 Å². The molecular weight excluding hydrogens is 260 g/mol. The number of hydrogen-bond donors (Lipinski definition) is 2. The maximum Gasteiger partial charge on any atom is 0.347 e. The third kappa shape index (κ3) is 2.98. The van der Waals surface area contributed by atoms with Crippen LogP contribution in [0.4, 0.5) is 0 Å². The van der Waals surface area contributed by atoms with Gasteiger partial charge in [0.15, 0.2) is 4.34 Å². The zero-order chi connectivity index (χ0) is 12.4. The monoisotopic (exact) mass is 272 g/mol. The van der Waals surface area contributed by atoms with Gasteiger partial charge in [-0.1, -0.05) is 11.8 Å². The van der Waals surface area contributed by atoms with Gasteiger partial charge in [-0.05, 0) is 13.3 Å². The molecule has 2 heterocycles. The van der Waals surface area contributed by atoms with Crippen molar-refractivity contribution in [1.29, 1.82) is 0 Å². The van der Waals surface area contributed by atoms with E-state index in [4.69, 9.17) is 5.11 Å². The molecule has 2 rings (SSSR count). The Hall–Kier alpha value is -1.08. The molecule has 0 aromatic carbocycles. The van der Waals surface area contributed by atoms with Gasteiger partial charge in [0.05, 0.1) is 5.69 Å². The number of nitrogens with one attached hydrogen (secondary N) is 1. The Balaban J connectivity index is 1.93. The lowest BCUT2D eigenvalue weighted by molar-refractivity contribution is -0.119. The molecule has 0 aliphatic carbocycles. The number of carbonyl (C=O) groups is 2. The summed E-state index contributed by atoms with van der Waals surface area (Å²) in [5.41, 5.74) is 0.556. The van der Waals surface area contributed by atoms with Gasteiger partial charge in [-0.15, -0.1) is 11.3 Å². The van der Waals surface area contributed by atoms with Crippen LogP contribution in [0.1, 0.15) is 28.2 Å². The topological polar surface area (TPSA) is 79.3 Å². The average Bonchev–Trinajstić information content (AvgIpc) is 2.82. The van der Waals surface area contributed by atoms with Gasteiger partial charge in [-0.25, -0.2) is 9.78 Å². The van der Waals surface area contributed by atoms with Crippen molar-refractivity contribution in [2.24, 2.45) is 0 Å². The van der Waals surface area contributed by atoms with Crippen LogP contribution in [-0.2, 0) is 4.79 Å². The van der Waals surface area contributed by atoms with Gasteiger partial charge >= 0.3 is 5.97 Å². The van der Waals surface area contributed by atoms with Crippen LogP contribution in [0.25, 0.3) is 0 Å². The molecule has 17 heavy (non-hydrogen) atoms. The second-order valence-corrected chi connectivity index (χ2v) is 6.08. The number of rotatable bonds is 4. The molecule has 1 aliphatic heterocycles. The quantitative estimate of drug-likeness (QED) is 0.812. The molecule has 1 saturated heterocycles. The number of thioether (sulfide) groups is 1.